The smallest absolute Gasteiger partial charge is 0.462 e. The Morgan fingerprint density at radius 1 is 0.282 bits per heavy atom. The number of ether oxygens (including phenoxy) is 4. The molecule has 7 atom stereocenters. The van der Waals surface area contributed by atoms with Gasteiger partial charge in [-0.2, -0.15) is 0 Å². The minimum atomic E-state index is -4.97. The van der Waals surface area contributed by atoms with Crippen molar-refractivity contribution in [1.82, 2.24) is 0 Å². The largest absolute Gasteiger partial charge is 0.472 e. The number of rotatable bonds is 82. The summed E-state index contributed by atoms with van der Waals surface area (Å²) in [5, 5.41) is 10.7. The number of carbonyl (C=O) groups excluding carboxylic acids is 4. The fraction of sp³-hybridized carbons (Fsp3) is 0.952. The molecular formula is C84H164O17P2. The fourth-order valence-electron chi connectivity index (χ4n) is 13.0. The maximum absolute atomic E-state index is 13.1. The van der Waals surface area contributed by atoms with Crippen LogP contribution in [0.1, 0.15) is 440 Å². The molecule has 0 saturated carbocycles. The molecule has 0 amide bonds. The highest BCUT2D eigenvalue weighted by molar-refractivity contribution is 7.47. The summed E-state index contributed by atoms with van der Waals surface area (Å²) in [7, 11) is -9.93. The molecule has 612 valence electrons. The van der Waals surface area contributed by atoms with Crippen molar-refractivity contribution < 1.29 is 80.2 Å². The van der Waals surface area contributed by atoms with Gasteiger partial charge in [0.1, 0.15) is 19.3 Å². The molecular weight excluding hydrogens is 1340 g/mol. The van der Waals surface area contributed by atoms with Crippen LogP contribution >= 0.6 is 15.6 Å². The van der Waals surface area contributed by atoms with E-state index in [4.69, 9.17) is 37.0 Å². The van der Waals surface area contributed by atoms with E-state index in [1.807, 2.05) is 0 Å². The molecule has 0 aliphatic rings. The summed E-state index contributed by atoms with van der Waals surface area (Å²) in [4.78, 5) is 73.2. The van der Waals surface area contributed by atoms with Crippen LogP contribution in [-0.4, -0.2) is 96.7 Å². The van der Waals surface area contributed by atoms with Gasteiger partial charge in [-0.3, -0.25) is 37.3 Å². The third-order valence-electron chi connectivity index (χ3n) is 20.4. The zero-order valence-corrected chi connectivity index (χ0v) is 69.6. The lowest BCUT2D eigenvalue weighted by molar-refractivity contribution is -0.161. The molecule has 0 radical (unpaired) electrons. The molecule has 0 aromatic heterocycles. The second-order valence-electron chi connectivity index (χ2n) is 31.2. The van der Waals surface area contributed by atoms with E-state index in [9.17, 15) is 43.2 Å². The first kappa shape index (κ1) is 101. The predicted molar refractivity (Wildman–Crippen MR) is 423 cm³/mol. The average molecular weight is 1510 g/mol. The highest BCUT2D eigenvalue weighted by Gasteiger charge is 2.30. The molecule has 0 aromatic carbocycles. The molecule has 0 fully saturated rings. The standard InChI is InChI=1S/C84H164O17P2/c1-8-11-12-13-14-15-16-17-18-19-27-32-37-46-53-60-67-84(89)101-80(72-95-82(87)66-59-52-45-40-39-43-50-57-64-77(7)10-3)74-99-103(92,93)97-70-78(85)69-96-102(90,91)98-73-79(71-94-81(86)65-58-51-44-36-31-26-22-20-24-29-34-41-48-55-62-75(4)5)100-83(88)68-61-54-47-38-33-28-23-21-25-30-35-42-49-56-63-76(6)9-2/h75-80,85H,8-74H2,1-7H3,(H,90,91)(H,92,93)/t76?,77?,78-,79-,80-/m1/s1. The molecule has 17 nitrogen and oxygen atoms in total. The van der Waals surface area contributed by atoms with Crippen LogP contribution in [0.3, 0.4) is 0 Å². The average Bonchev–Trinajstić information content (AvgIpc) is 0.914. The number of phosphoric ester groups is 2. The van der Waals surface area contributed by atoms with E-state index in [2.05, 4.69) is 48.5 Å². The molecule has 0 heterocycles. The van der Waals surface area contributed by atoms with Crippen LogP contribution in [0.25, 0.3) is 0 Å². The molecule has 0 aromatic rings. The molecule has 19 heteroatoms. The number of esters is 4. The molecule has 0 aliphatic carbocycles. The van der Waals surface area contributed by atoms with Gasteiger partial charge in [0.15, 0.2) is 12.2 Å². The maximum Gasteiger partial charge on any atom is 0.472 e. The summed E-state index contributed by atoms with van der Waals surface area (Å²) in [5.74, 6) is 0.317. The normalized spacial score (nSPS) is 14.4. The van der Waals surface area contributed by atoms with E-state index in [1.165, 1.54) is 250 Å². The van der Waals surface area contributed by atoms with E-state index in [-0.39, 0.29) is 25.7 Å². The Hall–Kier alpha value is -1.94. The van der Waals surface area contributed by atoms with Crippen LogP contribution in [0.5, 0.6) is 0 Å². The van der Waals surface area contributed by atoms with Gasteiger partial charge in [0.25, 0.3) is 0 Å². The Bertz CT molecular complexity index is 2000. The minimum absolute atomic E-state index is 0.108. The van der Waals surface area contributed by atoms with Crippen LogP contribution in [0.2, 0.25) is 0 Å². The van der Waals surface area contributed by atoms with Crippen molar-refractivity contribution in [3.63, 3.8) is 0 Å². The fourth-order valence-corrected chi connectivity index (χ4v) is 14.5. The molecule has 103 heavy (non-hydrogen) atoms. The predicted octanol–water partition coefficient (Wildman–Crippen LogP) is 25.3. The van der Waals surface area contributed by atoms with Gasteiger partial charge in [-0.15, -0.1) is 0 Å². The van der Waals surface area contributed by atoms with Crippen molar-refractivity contribution >= 4 is 39.5 Å². The Morgan fingerprint density at radius 3 is 0.738 bits per heavy atom. The Kier molecular flexibility index (Phi) is 72.8. The van der Waals surface area contributed by atoms with Crippen molar-refractivity contribution in [2.75, 3.05) is 39.6 Å². The minimum Gasteiger partial charge on any atom is -0.462 e. The lowest BCUT2D eigenvalue weighted by Gasteiger charge is -2.21. The van der Waals surface area contributed by atoms with Crippen LogP contribution in [-0.2, 0) is 65.4 Å². The van der Waals surface area contributed by atoms with E-state index in [0.717, 1.165) is 108 Å². The maximum atomic E-state index is 13.1. The van der Waals surface area contributed by atoms with Crippen molar-refractivity contribution in [2.24, 2.45) is 17.8 Å². The van der Waals surface area contributed by atoms with E-state index in [1.54, 1.807) is 0 Å². The van der Waals surface area contributed by atoms with Gasteiger partial charge in [0.05, 0.1) is 26.4 Å². The number of carbonyl (C=O) groups is 4. The molecule has 4 unspecified atom stereocenters. The van der Waals surface area contributed by atoms with Crippen molar-refractivity contribution in [3.8, 4) is 0 Å². The number of aliphatic hydroxyl groups is 1. The zero-order valence-electron chi connectivity index (χ0n) is 67.8. The zero-order chi connectivity index (χ0) is 75.8. The summed E-state index contributed by atoms with van der Waals surface area (Å²) in [6.45, 7) is 12.1. The van der Waals surface area contributed by atoms with Gasteiger partial charge in [0, 0.05) is 25.7 Å². The topological polar surface area (TPSA) is 237 Å². The van der Waals surface area contributed by atoms with Gasteiger partial charge in [-0.1, -0.05) is 389 Å². The van der Waals surface area contributed by atoms with Gasteiger partial charge >= 0.3 is 39.5 Å². The van der Waals surface area contributed by atoms with Crippen molar-refractivity contribution in [3.05, 3.63) is 0 Å². The summed E-state index contributed by atoms with van der Waals surface area (Å²) in [6.07, 6.45) is 63.6. The van der Waals surface area contributed by atoms with E-state index < -0.39 is 97.5 Å². The number of aliphatic hydroxyl groups excluding tert-OH is 1. The Balaban J connectivity index is 5.27. The number of unbranched alkanes of at least 4 members (excludes halogenated alkanes) is 48. The third kappa shape index (κ3) is 75.3. The number of hydrogen-bond acceptors (Lipinski definition) is 15. The highest BCUT2D eigenvalue weighted by atomic mass is 31.2. The van der Waals surface area contributed by atoms with Gasteiger partial charge in [-0.05, 0) is 43.4 Å². The molecule has 0 bridgehead atoms. The lowest BCUT2D eigenvalue weighted by Crippen LogP contribution is -2.30. The van der Waals surface area contributed by atoms with Gasteiger partial charge < -0.3 is 33.8 Å². The summed E-state index contributed by atoms with van der Waals surface area (Å²) in [5.41, 5.74) is 0. The SMILES string of the molecule is CCCCCCCCCCCCCCCCCCC(=O)O[C@H](COC(=O)CCCCCCCCCCC(C)CC)COP(=O)(O)OC[C@H](O)COP(=O)(O)OC[C@@H](COC(=O)CCCCCCCCCCCCCCCCC(C)C)OC(=O)CCCCCCCCCCCCCCCCC(C)CC. The monoisotopic (exact) mass is 1510 g/mol. The van der Waals surface area contributed by atoms with Gasteiger partial charge in [-0.25, -0.2) is 9.13 Å². The summed E-state index contributed by atoms with van der Waals surface area (Å²) in [6, 6.07) is 0. The first-order chi connectivity index (χ1) is 49.8. The molecule has 0 saturated heterocycles. The molecule has 3 N–H and O–H groups in total. The highest BCUT2D eigenvalue weighted by Crippen LogP contribution is 2.45. The number of hydrogen-bond donors (Lipinski definition) is 3. The summed E-state index contributed by atoms with van der Waals surface area (Å²) >= 11 is 0. The van der Waals surface area contributed by atoms with Crippen molar-refractivity contribution in [2.45, 2.75) is 458 Å². The third-order valence-corrected chi connectivity index (χ3v) is 22.3. The first-order valence-corrected chi connectivity index (χ1v) is 46.4. The van der Waals surface area contributed by atoms with Crippen LogP contribution in [0.4, 0.5) is 0 Å². The quantitative estimate of drug-likeness (QED) is 0.0222. The molecule has 0 spiro atoms. The lowest BCUT2D eigenvalue weighted by atomic mass is 9.99. The molecule has 0 aliphatic heterocycles. The molecule has 0 rings (SSSR count). The number of phosphoric acid groups is 2. The Labute approximate surface area is 632 Å². The van der Waals surface area contributed by atoms with E-state index in [0.29, 0.717) is 25.7 Å². The summed E-state index contributed by atoms with van der Waals surface area (Å²) < 4.78 is 68.9. The second-order valence-corrected chi connectivity index (χ2v) is 34.1. The van der Waals surface area contributed by atoms with Crippen molar-refractivity contribution in [1.29, 1.82) is 0 Å². The van der Waals surface area contributed by atoms with Gasteiger partial charge in [0.2, 0.25) is 0 Å². The van der Waals surface area contributed by atoms with Crippen LogP contribution in [0.15, 0.2) is 0 Å². The van der Waals surface area contributed by atoms with Crippen LogP contribution < -0.4 is 0 Å². The first-order valence-electron chi connectivity index (χ1n) is 43.4. The second kappa shape index (κ2) is 74.2. The van der Waals surface area contributed by atoms with Crippen LogP contribution in [0, 0.1) is 17.8 Å². The van der Waals surface area contributed by atoms with E-state index >= 15 is 0 Å². The Morgan fingerprint density at radius 2 is 0.495 bits per heavy atom.